The van der Waals surface area contributed by atoms with Crippen molar-refractivity contribution in [1.29, 1.82) is 0 Å². The Morgan fingerprint density at radius 1 is 0.800 bits per heavy atom. The topological polar surface area (TPSA) is 0 Å². The molecule has 25 heavy (non-hydrogen) atoms. The van der Waals surface area contributed by atoms with Crippen molar-refractivity contribution < 1.29 is 0 Å². The Morgan fingerprint density at radius 2 is 1.28 bits per heavy atom. The summed E-state index contributed by atoms with van der Waals surface area (Å²) < 4.78 is 0. The van der Waals surface area contributed by atoms with Crippen molar-refractivity contribution in [1.82, 2.24) is 0 Å². The summed E-state index contributed by atoms with van der Waals surface area (Å²) in [5.41, 5.74) is 0. The zero-order chi connectivity index (χ0) is 18.0. The molecule has 1 heteroatoms. The zero-order valence-corrected chi connectivity index (χ0v) is 17.6. The van der Waals surface area contributed by atoms with Crippen molar-refractivity contribution in [3.63, 3.8) is 0 Å². The van der Waals surface area contributed by atoms with E-state index in [1.807, 2.05) is 17.4 Å². The monoisotopic (exact) mass is 362 g/mol. The number of unbranched alkanes of at least 4 members (excludes halogenated alkanes) is 14. The van der Waals surface area contributed by atoms with E-state index in [4.69, 9.17) is 0 Å². The summed E-state index contributed by atoms with van der Waals surface area (Å²) in [6, 6.07) is 4.47. The smallest absolute Gasteiger partial charge is 0.00734 e. The lowest BCUT2D eigenvalue weighted by molar-refractivity contribution is 0.524. The third kappa shape index (κ3) is 13.3. The van der Waals surface area contributed by atoms with Gasteiger partial charge in [0, 0.05) is 4.88 Å². The van der Waals surface area contributed by atoms with E-state index >= 15 is 0 Å². The second-order valence-electron chi connectivity index (χ2n) is 7.73. The normalized spacial score (nSPS) is 12.4. The highest BCUT2D eigenvalue weighted by Gasteiger charge is 2.05. The first-order chi connectivity index (χ1) is 12.3. The molecular weight excluding hydrogens is 320 g/mol. The number of rotatable bonds is 18. The molecule has 0 spiro atoms. The maximum atomic E-state index is 3.78. The minimum Gasteiger partial charge on any atom is -0.149 e. The first-order valence-electron chi connectivity index (χ1n) is 11.0. The Labute approximate surface area is 162 Å². The number of allylic oxidation sites excluding steroid dienone is 1. The summed E-state index contributed by atoms with van der Waals surface area (Å²) in [5.74, 6) is 0.766. The maximum Gasteiger partial charge on any atom is 0.00734 e. The van der Waals surface area contributed by atoms with E-state index in [9.17, 15) is 0 Å². The average molecular weight is 363 g/mol. The molecule has 0 bridgehead atoms. The van der Waals surface area contributed by atoms with Gasteiger partial charge in [-0.15, -0.1) is 17.9 Å². The van der Waals surface area contributed by atoms with Gasteiger partial charge in [0.15, 0.2) is 0 Å². The van der Waals surface area contributed by atoms with Crippen molar-refractivity contribution >= 4 is 11.3 Å². The molecule has 0 saturated heterocycles. The highest BCUT2D eigenvalue weighted by molar-refractivity contribution is 7.10. The molecule has 1 atom stereocenters. The van der Waals surface area contributed by atoms with Gasteiger partial charge in [0.05, 0.1) is 0 Å². The van der Waals surface area contributed by atoms with Crippen molar-refractivity contribution in [3.05, 3.63) is 35.0 Å². The molecule has 0 amide bonds. The van der Waals surface area contributed by atoms with Crippen LogP contribution in [0.5, 0.6) is 0 Å². The van der Waals surface area contributed by atoms with Gasteiger partial charge in [-0.1, -0.05) is 103 Å². The standard InChI is InChI=1S/C24H42S/c1-3-4-5-6-7-8-9-10-11-12-13-14-15-16-17-18-20-23(2)24-21-19-22-25-24/h3,19,21-23H,1,4-18,20H2,2H3. The van der Waals surface area contributed by atoms with Crippen molar-refractivity contribution in [2.75, 3.05) is 0 Å². The molecule has 0 N–H and O–H groups in total. The summed E-state index contributed by atoms with van der Waals surface area (Å²) in [5, 5.41) is 2.20. The van der Waals surface area contributed by atoms with Gasteiger partial charge >= 0.3 is 0 Å². The fourth-order valence-corrected chi connectivity index (χ4v) is 4.40. The molecule has 0 saturated carbocycles. The van der Waals surface area contributed by atoms with Crippen molar-refractivity contribution in [2.45, 2.75) is 116 Å². The quantitative estimate of drug-likeness (QED) is 0.180. The highest BCUT2D eigenvalue weighted by atomic mass is 32.1. The van der Waals surface area contributed by atoms with Crippen LogP contribution in [0.25, 0.3) is 0 Å². The van der Waals surface area contributed by atoms with Gasteiger partial charge in [-0.3, -0.25) is 0 Å². The van der Waals surface area contributed by atoms with Crippen molar-refractivity contribution in [2.24, 2.45) is 0 Å². The summed E-state index contributed by atoms with van der Waals surface area (Å²) in [6.45, 7) is 6.16. The van der Waals surface area contributed by atoms with E-state index in [2.05, 4.69) is 31.0 Å². The minimum atomic E-state index is 0.766. The van der Waals surface area contributed by atoms with Gasteiger partial charge in [0.25, 0.3) is 0 Å². The molecule has 0 aromatic carbocycles. The highest BCUT2D eigenvalue weighted by Crippen LogP contribution is 2.26. The van der Waals surface area contributed by atoms with Crippen LogP contribution in [0.3, 0.4) is 0 Å². The predicted octanol–water partition coefficient (Wildman–Crippen LogP) is 9.28. The molecule has 1 rings (SSSR count). The first-order valence-corrected chi connectivity index (χ1v) is 11.9. The van der Waals surface area contributed by atoms with E-state index in [1.165, 1.54) is 103 Å². The van der Waals surface area contributed by atoms with Gasteiger partial charge in [-0.05, 0) is 36.6 Å². The zero-order valence-electron chi connectivity index (χ0n) is 16.8. The molecule has 0 radical (unpaired) electrons. The van der Waals surface area contributed by atoms with Gasteiger partial charge in [-0.2, -0.15) is 0 Å². The number of thiophene rings is 1. The fraction of sp³-hybridized carbons (Fsp3) is 0.750. The lowest BCUT2D eigenvalue weighted by Crippen LogP contribution is -1.90. The van der Waals surface area contributed by atoms with Gasteiger partial charge in [0.2, 0.25) is 0 Å². The van der Waals surface area contributed by atoms with E-state index in [-0.39, 0.29) is 0 Å². The molecule has 1 aromatic heterocycles. The van der Waals surface area contributed by atoms with Crippen molar-refractivity contribution in [3.8, 4) is 0 Å². The molecule has 144 valence electrons. The minimum absolute atomic E-state index is 0.766. The van der Waals surface area contributed by atoms with Crippen LogP contribution < -0.4 is 0 Å². The molecular formula is C24H42S. The van der Waals surface area contributed by atoms with Crippen LogP contribution in [0.2, 0.25) is 0 Å². The van der Waals surface area contributed by atoms with Gasteiger partial charge < -0.3 is 0 Å². The fourth-order valence-electron chi connectivity index (χ4n) is 3.57. The Kier molecular flexibility index (Phi) is 15.2. The predicted molar refractivity (Wildman–Crippen MR) is 117 cm³/mol. The molecule has 0 nitrogen and oxygen atoms in total. The summed E-state index contributed by atoms with van der Waals surface area (Å²) >= 11 is 1.92. The molecule has 0 aliphatic heterocycles. The second kappa shape index (κ2) is 16.9. The van der Waals surface area contributed by atoms with E-state index < -0.39 is 0 Å². The number of hydrogen-bond donors (Lipinski definition) is 0. The van der Waals surface area contributed by atoms with Crippen LogP contribution in [0.15, 0.2) is 30.2 Å². The number of hydrogen-bond acceptors (Lipinski definition) is 1. The Hall–Kier alpha value is -0.560. The van der Waals surface area contributed by atoms with Gasteiger partial charge in [-0.25, -0.2) is 0 Å². The third-order valence-electron chi connectivity index (χ3n) is 5.32. The van der Waals surface area contributed by atoms with Crippen LogP contribution in [-0.2, 0) is 0 Å². The summed E-state index contributed by atoms with van der Waals surface area (Å²) in [4.78, 5) is 1.57. The average Bonchev–Trinajstić information content (AvgIpc) is 3.16. The maximum absolute atomic E-state index is 3.78. The largest absolute Gasteiger partial charge is 0.149 e. The summed E-state index contributed by atoms with van der Waals surface area (Å²) in [6.07, 6.45) is 24.7. The molecule has 0 fully saturated rings. The van der Waals surface area contributed by atoms with Crippen LogP contribution in [-0.4, -0.2) is 0 Å². The van der Waals surface area contributed by atoms with Crippen LogP contribution >= 0.6 is 11.3 Å². The first kappa shape index (κ1) is 22.5. The molecule has 1 heterocycles. The Morgan fingerprint density at radius 3 is 1.72 bits per heavy atom. The SMILES string of the molecule is C=CCCCCCCCCCCCCCCCCC(C)c1cccs1. The lowest BCUT2D eigenvalue weighted by atomic mass is 10.00. The summed E-state index contributed by atoms with van der Waals surface area (Å²) in [7, 11) is 0. The van der Waals surface area contributed by atoms with Crippen LogP contribution in [0, 0.1) is 0 Å². The van der Waals surface area contributed by atoms with Crippen LogP contribution in [0.1, 0.15) is 120 Å². The molecule has 1 aromatic rings. The van der Waals surface area contributed by atoms with Crippen LogP contribution in [0.4, 0.5) is 0 Å². The van der Waals surface area contributed by atoms with E-state index in [0.29, 0.717) is 0 Å². The lowest BCUT2D eigenvalue weighted by Gasteiger charge is -2.08. The second-order valence-corrected chi connectivity index (χ2v) is 8.71. The molecule has 0 aliphatic carbocycles. The Balaban J connectivity index is 1.72. The molecule has 0 aliphatic rings. The van der Waals surface area contributed by atoms with E-state index in [1.54, 1.807) is 4.88 Å². The van der Waals surface area contributed by atoms with E-state index in [0.717, 1.165) is 5.92 Å². The Bertz CT molecular complexity index is 379. The molecule has 1 unspecified atom stereocenters. The third-order valence-corrected chi connectivity index (χ3v) is 6.43. The van der Waals surface area contributed by atoms with Gasteiger partial charge in [0.1, 0.15) is 0 Å².